The summed E-state index contributed by atoms with van der Waals surface area (Å²) >= 11 is 3.13. The lowest BCUT2D eigenvalue weighted by atomic mass is 9.94. The Bertz CT molecular complexity index is 471. The number of hydrogen-bond acceptors (Lipinski definition) is 3. The Kier molecular flexibility index (Phi) is 4.63. The van der Waals surface area contributed by atoms with Crippen molar-refractivity contribution in [3.05, 3.63) is 22.6 Å². The van der Waals surface area contributed by atoms with Gasteiger partial charge in [-0.1, -0.05) is 19.3 Å². The van der Waals surface area contributed by atoms with Gasteiger partial charge in [-0.25, -0.2) is 0 Å². The van der Waals surface area contributed by atoms with Crippen LogP contribution in [0.25, 0.3) is 0 Å². The van der Waals surface area contributed by atoms with Crippen LogP contribution in [0.4, 0.5) is 0 Å². The number of aliphatic carboxylic acids is 1. The summed E-state index contributed by atoms with van der Waals surface area (Å²) in [5.41, 5.74) is 0.403. The van der Waals surface area contributed by atoms with E-state index in [1.165, 1.54) is 6.26 Å². The third-order valence-electron chi connectivity index (χ3n) is 3.48. The maximum atomic E-state index is 12.0. The van der Waals surface area contributed by atoms with Crippen LogP contribution in [-0.2, 0) is 4.79 Å². The van der Waals surface area contributed by atoms with Gasteiger partial charge in [-0.05, 0) is 28.8 Å². The highest BCUT2D eigenvalue weighted by Crippen LogP contribution is 2.24. The monoisotopic (exact) mass is 329 g/mol. The molecule has 1 aromatic heterocycles. The topological polar surface area (TPSA) is 79.5 Å². The average Bonchev–Trinajstić information content (AvgIpc) is 2.65. The largest absolute Gasteiger partial charge is 0.481 e. The Morgan fingerprint density at radius 2 is 2.05 bits per heavy atom. The molecule has 0 saturated heterocycles. The van der Waals surface area contributed by atoms with Crippen molar-refractivity contribution < 1.29 is 19.1 Å². The third-order valence-corrected chi connectivity index (χ3v) is 3.90. The van der Waals surface area contributed by atoms with E-state index in [-0.39, 0.29) is 11.9 Å². The summed E-state index contributed by atoms with van der Waals surface area (Å²) in [5.74, 6) is -1.62. The average molecular weight is 330 g/mol. The molecule has 1 aliphatic rings. The molecule has 0 aliphatic heterocycles. The lowest BCUT2D eigenvalue weighted by Gasteiger charge is -2.22. The normalized spacial score (nSPS) is 23.6. The second-order valence-electron chi connectivity index (χ2n) is 4.80. The number of carboxylic acid groups (broad SMARTS) is 1. The molecule has 1 aromatic rings. The smallest absolute Gasteiger partial charge is 0.308 e. The standard InChI is InChI=1S/C13H16BrNO4/c14-11-6-8(7-19-11)12(16)15-10-5-3-1-2-4-9(10)13(17)18/h6-7,9-10H,1-5H2,(H,15,16)(H,17,18)/t9-,10+/m1/s1. The number of halogens is 1. The molecule has 1 amide bonds. The lowest BCUT2D eigenvalue weighted by molar-refractivity contribution is -0.142. The molecule has 1 saturated carbocycles. The SMILES string of the molecule is O=C(N[C@H]1CCCCC[C@H]1C(=O)O)c1coc(Br)c1. The van der Waals surface area contributed by atoms with Crippen LogP contribution in [0.5, 0.6) is 0 Å². The van der Waals surface area contributed by atoms with E-state index in [2.05, 4.69) is 21.2 Å². The molecule has 2 atom stereocenters. The fraction of sp³-hybridized carbons (Fsp3) is 0.538. The maximum absolute atomic E-state index is 12.0. The van der Waals surface area contributed by atoms with Gasteiger partial charge in [-0.2, -0.15) is 0 Å². The van der Waals surface area contributed by atoms with Crippen LogP contribution in [0.2, 0.25) is 0 Å². The molecule has 0 unspecified atom stereocenters. The number of carboxylic acids is 1. The van der Waals surface area contributed by atoms with Crippen molar-refractivity contribution in [3.63, 3.8) is 0 Å². The Balaban J connectivity index is 2.06. The summed E-state index contributed by atoms with van der Waals surface area (Å²) in [6.45, 7) is 0. The molecule has 0 spiro atoms. The highest BCUT2D eigenvalue weighted by atomic mass is 79.9. The highest BCUT2D eigenvalue weighted by Gasteiger charge is 2.30. The number of hydrogen-bond donors (Lipinski definition) is 2. The molecule has 19 heavy (non-hydrogen) atoms. The van der Waals surface area contributed by atoms with Crippen LogP contribution >= 0.6 is 15.9 Å². The van der Waals surface area contributed by atoms with Gasteiger partial charge in [0, 0.05) is 12.1 Å². The van der Waals surface area contributed by atoms with E-state index in [1.807, 2.05) is 0 Å². The van der Waals surface area contributed by atoms with Gasteiger partial charge < -0.3 is 14.8 Å². The van der Waals surface area contributed by atoms with E-state index >= 15 is 0 Å². The first-order valence-corrected chi connectivity index (χ1v) is 7.15. The zero-order valence-electron chi connectivity index (χ0n) is 10.4. The summed E-state index contributed by atoms with van der Waals surface area (Å²) in [4.78, 5) is 23.3. The molecule has 1 heterocycles. The fourth-order valence-corrected chi connectivity index (χ4v) is 2.80. The van der Waals surface area contributed by atoms with Crippen LogP contribution in [0.1, 0.15) is 42.5 Å². The molecule has 1 fully saturated rings. The van der Waals surface area contributed by atoms with Gasteiger partial charge in [-0.3, -0.25) is 9.59 Å². The first kappa shape index (κ1) is 14.1. The van der Waals surface area contributed by atoms with E-state index in [9.17, 15) is 14.7 Å². The molecular formula is C13H16BrNO4. The molecule has 0 radical (unpaired) electrons. The molecule has 1 aliphatic carbocycles. The number of carbonyl (C=O) groups excluding carboxylic acids is 1. The summed E-state index contributed by atoms with van der Waals surface area (Å²) in [5, 5.41) is 12.1. The summed E-state index contributed by atoms with van der Waals surface area (Å²) in [6.07, 6.45) is 5.56. The lowest BCUT2D eigenvalue weighted by Crippen LogP contribution is -2.42. The van der Waals surface area contributed by atoms with E-state index < -0.39 is 11.9 Å². The van der Waals surface area contributed by atoms with E-state index in [1.54, 1.807) is 6.07 Å². The Hall–Kier alpha value is -1.30. The zero-order valence-corrected chi connectivity index (χ0v) is 12.0. The number of amides is 1. The predicted octanol–water partition coefficient (Wildman–Crippen LogP) is 2.81. The molecular weight excluding hydrogens is 314 g/mol. The van der Waals surface area contributed by atoms with Crippen molar-refractivity contribution in [2.24, 2.45) is 5.92 Å². The number of carbonyl (C=O) groups is 2. The molecule has 0 aromatic carbocycles. The van der Waals surface area contributed by atoms with Gasteiger partial charge in [0.2, 0.25) is 0 Å². The number of rotatable bonds is 3. The molecule has 104 valence electrons. The third kappa shape index (κ3) is 3.59. The van der Waals surface area contributed by atoms with Crippen molar-refractivity contribution in [3.8, 4) is 0 Å². The Morgan fingerprint density at radius 1 is 1.32 bits per heavy atom. The van der Waals surface area contributed by atoms with Crippen LogP contribution in [0, 0.1) is 5.92 Å². The van der Waals surface area contributed by atoms with Crippen LogP contribution < -0.4 is 5.32 Å². The molecule has 0 bridgehead atoms. The van der Waals surface area contributed by atoms with Crippen molar-refractivity contribution in [2.75, 3.05) is 0 Å². The summed E-state index contributed by atoms with van der Waals surface area (Å²) in [6, 6.07) is 1.27. The first-order chi connectivity index (χ1) is 9.08. The molecule has 2 rings (SSSR count). The fourth-order valence-electron chi connectivity index (χ4n) is 2.46. The van der Waals surface area contributed by atoms with E-state index in [4.69, 9.17) is 4.42 Å². The van der Waals surface area contributed by atoms with Crippen molar-refractivity contribution in [1.29, 1.82) is 0 Å². The second kappa shape index (κ2) is 6.23. The quantitative estimate of drug-likeness (QED) is 0.835. The minimum atomic E-state index is -0.833. The molecule has 5 nitrogen and oxygen atoms in total. The molecule has 2 N–H and O–H groups in total. The minimum absolute atomic E-state index is 0.285. The second-order valence-corrected chi connectivity index (χ2v) is 5.58. The Labute approximate surface area is 119 Å². The van der Waals surface area contributed by atoms with Crippen LogP contribution in [0.15, 0.2) is 21.4 Å². The van der Waals surface area contributed by atoms with Crippen molar-refractivity contribution in [2.45, 2.75) is 38.1 Å². The highest BCUT2D eigenvalue weighted by molar-refractivity contribution is 9.10. The van der Waals surface area contributed by atoms with Crippen molar-refractivity contribution >= 4 is 27.8 Å². The first-order valence-electron chi connectivity index (χ1n) is 6.35. The summed E-state index contributed by atoms with van der Waals surface area (Å²) in [7, 11) is 0. The minimum Gasteiger partial charge on any atom is -0.481 e. The van der Waals surface area contributed by atoms with Crippen LogP contribution in [-0.4, -0.2) is 23.0 Å². The summed E-state index contributed by atoms with van der Waals surface area (Å²) < 4.78 is 5.49. The van der Waals surface area contributed by atoms with Gasteiger partial charge in [0.1, 0.15) is 6.26 Å². The zero-order chi connectivity index (χ0) is 13.8. The predicted molar refractivity (Wildman–Crippen MR) is 71.9 cm³/mol. The van der Waals surface area contributed by atoms with Crippen LogP contribution in [0.3, 0.4) is 0 Å². The van der Waals surface area contributed by atoms with E-state index in [0.717, 1.165) is 19.3 Å². The number of furan rings is 1. The number of nitrogens with one attached hydrogen (secondary N) is 1. The van der Waals surface area contributed by atoms with Gasteiger partial charge in [-0.15, -0.1) is 0 Å². The maximum Gasteiger partial charge on any atom is 0.308 e. The molecule has 6 heteroatoms. The van der Waals surface area contributed by atoms with Gasteiger partial charge >= 0.3 is 5.97 Å². The van der Waals surface area contributed by atoms with Crippen molar-refractivity contribution in [1.82, 2.24) is 5.32 Å². The van der Waals surface area contributed by atoms with Gasteiger partial charge in [0.15, 0.2) is 4.67 Å². The van der Waals surface area contributed by atoms with Gasteiger partial charge in [0.25, 0.3) is 5.91 Å². The Morgan fingerprint density at radius 3 is 2.68 bits per heavy atom. The van der Waals surface area contributed by atoms with Gasteiger partial charge in [0.05, 0.1) is 11.5 Å². The van der Waals surface area contributed by atoms with E-state index in [0.29, 0.717) is 23.1 Å².